The molecule has 1 aliphatic heterocycles. The zero-order chi connectivity index (χ0) is 17.8. The predicted molar refractivity (Wildman–Crippen MR) is 93.1 cm³/mol. The van der Waals surface area contributed by atoms with Crippen LogP contribution in [0.3, 0.4) is 0 Å². The number of nitrogens with zero attached hydrogens (tertiary/aromatic N) is 5. The van der Waals surface area contributed by atoms with Crippen LogP contribution < -0.4 is 0 Å². The number of carbonyl (C=O) groups excluding carboxylic acids is 1. The lowest BCUT2D eigenvalue weighted by molar-refractivity contribution is 0.0762. The number of aryl methyl sites for hydroxylation is 1. The summed E-state index contributed by atoms with van der Waals surface area (Å²) in [7, 11) is 2.06. The van der Waals surface area contributed by atoms with Crippen LogP contribution >= 0.6 is 11.3 Å². The van der Waals surface area contributed by atoms with E-state index in [0.717, 1.165) is 25.8 Å². The summed E-state index contributed by atoms with van der Waals surface area (Å²) < 4.78 is 5.02. The zero-order valence-corrected chi connectivity index (χ0v) is 15.3. The summed E-state index contributed by atoms with van der Waals surface area (Å²) in [5.74, 6) is 1.24. The molecule has 2 aromatic rings. The van der Waals surface area contributed by atoms with Gasteiger partial charge >= 0.3 is 0 Å². The van der Waals surface area contributed by atoms with E-state index in [9.17, 15) is 4.79 Å². The molecule has 1 amide bonds. The summed E-state index contributed by atoms with van der Waals surface area (Å²) in [6.45, 7) is 3.85. The van der Waals surface area contributed by atoms with Crippen LogP contribution in [0.2, 0.25) is 0 Å². The summed E-state index contributed by atoms with van der Waals surface area (Å²) in [5, 5.41) is 14.9. The number of aromatic nitrogens is 2. The molecule has 7 nitrogen and oxygen atoms in total. The topological polar surface area (TPSA) is 86.3 Å². The van der Waals surface area contributed by atoms with Gasteiger partial charge in [0.25, 0.3) is 5.91 Å². The maximum Gasteiger partial charge on any atom is 0.265 e. The normalized spacial score (nSPS) is 18.2. The van der Waals surface area contributed by atoms with Gasteiger partial charge in [-0.05, 0) is 37.8 Å². The lowest BCUT2D eigenvalue weighted by Gasteiger charge is -2.26. The van der Waals surface area contributed by atoms with Crippen LogP contribution in [0.25, 0.3) is 0 Å². The van der Waals surface area contributed by atoms with Crippen molar-refractivity contribution in [3.63, 3.8) is 0 Å². The van der Waals surface area contributed by atoms with Crippen LogP contribution in [0, 0.1) is 18.3 Å². The Morgan fingerprint density at radius 3 is 3.08 bits per heavy atom. The second kappa shape index (κ2) is 7.76. The zero-order valence-electron chi connectivity index (χ0n) is 14.4. The highest BCUT2D eigenvalue weighted by Crippen LogP contribution is 2.22. The Balaban J connectivity index is 1.60. The fourth-order valence-corrected chi connectivity index (χ4v) is 4.00. The quantitative estimate of drug-likeness (QED) is 0.833. The lowest BCUT2D eigenvalue weighted by atomic mass is 10.1. The number of nitriles is 1. The highest BCUT2D eigenvalue weighted by molar-refractivity contribution is 7.12. The fraction of sp³-hybridized carbons (Fsp3) is 0.529. The molecule has 8 heteroatoms. The first kappa shape index (κ1) is 17.6. The lowest BCUT2D eigenvalue weighted by Crippen LogP contribution is -2.35. The average Bonchev–Trinajstić information content (AvgIpc) is 3.16. The van der Waals surface area contributed by atoms with E-state index in [0.29, 0.717) is 41.3 Å². The molecule has 0 aliphatic carbocycles. The Kier molecular flexibility index (Phi) is 5.46. The minimum Gasteiger partial charge on any atom is -0.340 e. The summed E-state index contributed by atoms with van der Waals surface area (Å²) in [6.07, 6.45) is 2.86. The molecular weight excluding hydrogens is 338 g/mol. The molecular formula is C17H21N5O2S. The maximum absolute atomic E-state index is 12.7. The van der Waals surface area contributed by atoms with Gasteiger partial charge in [-0.1, -0.05) is 5.16 Å². The molecule has 1 saturated heterocycles. The highest BCUT2D eigenvalue weighted by Gasteiger charge is 2.26. The first-order valence-electron chi connectivity index (χ1n) is 8.34. The van der Waals surface area contributed by atoms with Crippen LogP contribution in [0.5, 0.6) is 0 Å². The Bertz CT molecular complexity index is 778. The Labute approximate surface area is 150 Å². The van der Waals surface area contributed by atoms with Crippen molar-refractivity contribution >= 4 is 17.2 Å². The smallest absolute Gasteiger partial charge is 0.265 e. The van der Waals surface area contributed by atoms with Gasteiger partial charge in [-0.2, -0.15) is 10.2 Å². The second-order valence-electron chi connectivity index (χ2n) is 6.30. The van der Waals surface area contributed by atoms with E-state index in [4.69, 9.17) is 9.78 Å². The number of likely N-dealkylation sites (tertiary alicyclic amines) is 1. The largest absolute Gasteiger partial charge is 0.340 e. The first-order valence-corrected chi connectivity index (χ1v) is 9.22. The van der Waals surface area contributed by atoms with Crippen molar-refractivity contribution in [1.29, 1.82) is 5.26 Å². The monoisotopic (exact) mass is 359 g/mol. The molecule has 0 N–H and O–H groups in total. The molecule has 1 aliphatic rings. The summed E-state index contributed by atoms with van der Waals surface area (Å²) in [5.41, 5.74) is 0.473. The van der Waals surface area contributed by atoms with Gasteiger partial charge in [0.1, 0.15) is 10.9 Å². The van der Waals surface area contributed by atoms with Crippen molar-refractivity contribution in [2.45, 2.75) is 38.8 Å². The molecule has 3 rings (SSSR count). The summed E-state index contributed by atoms with van der Waals surface area (Å²) >= 11 is 1.34. The molecule has 0 bridgehead atoms. The van der Waals surface area contributed by atoms with E-state index >= 15 is 0 Å². The molecule has 0 saturated carbocycles. The van der Waals surface area contributed by atoms with Gasteiger partial charge in [0.15, 0.2) is 5.82 Å². The van der Waals surface area contributed by atoms with Crippen molar-refractivity contribution in [2.24, 2.45) is 0 Å². The molecule has 0 unspecified atom stereocenters. The molecule has 3 heterocycles. The molecule has 1 atom stereocenters. The van der Waals surface area contributed by atoms with Crippen molar-refractivity contribution in [3.8, 4) is 6.07 Å². The van der Waals surface area contributed by atoms with Crippen LogP contribution in [0.4, 0.5) is 0 Å². The summed E-state index contributed by atoms with van der Waals surface area (Å²) in [4.78, 5) is 21.6. The van der Waals surface area contributed by atoms with Crippen molar-refractivity contribution in [1.82, 2.24) is 19.9 Å². The SMILES string of the molecule is Cc1nc(CN(C)[C@H]2CCCN(C(=O)c3sccc3C#N)CC2)no1. The van der Waals surface area contributed by atoms with Gasteiger partial charge in [0.2, 0.25) is 5.89 Å². The third kappa shape index (κ3) is 4.06. The first-order chi connectivity index (χ1) is 12.1. The second-order valence-corrected chi connectivity index (χ2v) is 7.21. The van der Waals surface area contributed by atoms with Crippen molar-refractivity contribution in [2.75, 3.05) is 20.1 Å². The van der Waals surface area contributed by atoms with Crippen molar-refractivity contribution in [3.05, 3.63) is 33.6 Å². The highest BCUT2D eigenvalue weighted by atomic mass is 32.1. The van der Waals surface area contributed by atoms with Gasteiger partial charge in [0.05, 0.1) is 12.1 Å². The third-order valence-electron chi connectivity index (χ3n) is 4.55. The van der Waals surface area contributed by atoms with Crippen LogP contribution in [-0.4, -0.2) is 52.0 Å². The third-order valence-corrected chi connectivity index (χ3v) is 5.45. The van der Waals surface area contributed by atoms with Gasteiger partial charge < -0.3 is 9.42 Å². The molecule has 0 spiro atoms. The number of hydrogen-bond donors (Lipinski definition) is 0. The standard InChI is InChI=1S/C17H21N5O2S/c1-12-19-15(20-24-12)11-21(2)14-4-3-7-22(8-5-14)17(23)16-13(10-18)6-9-25-16/h6,9,14H,3-5,7-8,11H2,1-2H3/t14-/m0/s1. The maximum atomic E-state index is 12.7. The summed E-state index contributed by atoms with van der Waals surface area (Å²) in [6, 6.07) is 4.18. The number of hydrogen-bond acceptors (Lipinski definition) is 7. The van der Waals surface area contributed by atoms with E-state index in [1.165, 1.54) is 11.3 Å². The van der Waals surface area contributed by atoms with Crippen LogP contribution in [-0.2, 0) is 6.54 Å². The van der Waals surface area contributed by atoms with Gasteiger partial charge in [-0.25, -0.2) is 0 Å². The Hall–Kier alpha value is -2.24. The van der Waals surface area contributed by atoms with E-state index in [-0.39, 0.29) is 5.91 Å². The number of amides is 1. The molecule has 0 aromatic carbocycles. The van der Waals surface area contributed by atoms with E-state index < -0.39 is 0 Å². The minimum atomic E-state index is -0.0244. The minimum absolute atomic E-state index is 0.0244. The van der Waals surface area contributed by atoms with E-state index in [1.54, 1.807) is 18.4 Å². The number of rotatable bonds is 4. The molecule has 0 radical (unpaired) electrons. The van der Waals surface area contributed by atoms with Crippen LogP contribution in [0.1, 0.15) is 46.2 Å². The predicted octanol–water partition coefficient (Wildman–Crippen LogP) is 2.44. The fourth-order valence-electron chi connectivity index (χ4n) is 3.19. The van der Waals surface area contributed by atoms with Crippen LogP contribution in [0.15, 0.2) is 16.0 Å². The molecule has 1 fully saturated rings. The Morgan fingerprint density at radius 1 is 1.52 bits per heavy atom. The van der Waals surface area contributed by atoms with Gasteiger partial charge in [-0.3, -0.25) is 9.69 Å². The van der Waals surface area contributed by atoms with Crippen molar-refractivity contribution < 1.29 is 9.32 Å². The molecule has 132 valence electrons. The van der Waals surface area contributed by atoms with Gasteiger partial charge in [-0.15, -0.1) is 11.3 Å². The number of carbonyl (C=O) groups is 1. The van der Waals surface area contributed by atoms with E-state index in [1.807, 2.05) is 4.90 Å². The van der Waals surface area contributed by atoms with E-state index in [2.05, 4.69) is 28.2 Å². The average molecular weight is 359 g/mol. The molecule has 2 aromatic heterocycles. The Morgan fingerprint density at radius 2 is 2.36 bits per heavy atom. The number of thiophene rings is 1. The molecule has 25 heavy (non-hydrogen) atoms. The van der Waals surface area contributed by atoms with Gasteiger partial charge in [0, 0.05) is 26.1 Å².